The first-order valence-corrected chi connectivity index (χ1v) is 8.50. The van der Waals surface area contributed by atoms with Crippen molar-refractivity contribution >= 4 is 34.1 Å². The number of halogens is 1. The van der Waals surface area contributed by atoms with Gasteiger partial charge in [0.1, 0.15) is 0 Å². The summed E-state index contributed by atoms with van der Waals surface area (Å²) in [4.78, 5) is 24.6. The molecule has 3 nitrogen and oxygen atoms in total. The van der Waals surface area contributed by atoms with Crippen LogP contribution in [0.5, 0.6) is 0 Å². The minimum atomic E-state index is -0.474. The molecule has 3 aromatic rings. The molecule has 0 unspecified atom stereocenters. The van der Waals surface area contributed by atoms with E-state index in [1.54, 1.807) is 30.3 Å². The lowest BCUT2D eigenvalue weighted by molar-refractivity contribution is 0.0476. The van der Waals surface area contributed by atoms with Crippen LogP contribution in [0.1, 0.15) is 31.8 Å². The first kappa shape index (κ1) is 15.9. The Morgan fingerprint density at radius 3 is 2.40 bits per heavy atom. The van der Waals surface area contributed by atoms with Gasteiger partial charge in [0.2, 0.25) is 0 Å². The lowest BCUT2D eigenvalue weighted by Gasteiger charge is -2.09. The van der Waals surface area contributed by atoms with E-state index in [-0.39, 0.29) is 12.4 Å². The molecule has 1 aliphatic carbocycles. The van der Waals surface area contributed by atoms with Crippen LogP contribution in [0.15, 0.2) is 54.6 Å². The first-order chi connectivity index (χ1) is 12.1. The number of ether oxygens (including phenoxy) is 1. The summed E-state index contributed by atoms with van der Waals surface area (Å²) in [6, 6.07) is 16.3. The number of esters is 1. The molecular formula is C21H15ClO3. The van der Waals surface area contributed by atoms with Gasteiger partial charge < -0.3 is 4.74 Å². The van der Waals surface area contributed by atoms with E-state index in [4.69, 9.17) is 16.3 Å². The van der Waals surface area contributed by atoms with Gasteiger partial charge in [0.25, 0.3) is 0 Å². The van der Waals surface area contributed by atoms with Crippen molar-refractivity contribution in [2.75, 3.05) is 6.61 Å². The number of benzene rings is 3. The maximum atomic E-state index is 12.5. The summed E-state index contributed by atoms with van der Waals surface area (Å²) >= 11 is 5.81. The largest absolute Gasteiger partial charge is 0.454 e. The Balaban J connectivity index is 1.55. The van der Waals surface area contributed by atoms with Gasteiger partial charge >= 0.3 is 5.97 Å². The number of Topliss-reactive ketones (excluding diaryl/α,β-unsaturated/α-hetero) is 1. The van der Waals surface area contributed by atoms with E-state index < -0.39 is 5.97 Å². The van der Waals surface area contributed by atoms with Gasteiger partial charge in [0.15, 0.2) is 12.4 Å². The maximum absolute atomic E-state index is 12.5. The van der Waals surface area contributed by atoms with Gasteiger partial charge in [-0.25, -0.2) is 4.79 Å². The molecule has 124 valence electrons. The molecule has 25 heavy (non-hydrogen) atoms. The smallest absolute Gasteiger partial charge is 0.339 e. The quantitative estimate of drug-likeness (QED) is 0.509. The van der Waals surface area contributed by atoms with Gasteiger partial charge in [-0.05, 0) is 65.1 Å². The van der Waals surface area contributed by atoms with E-state index in [0.717, 1.165) is 23.6 Å². The standard InChI is InChI=1S/C21H15ClO3/c22-16-9-6-13(7-10-16)19(23)12-25-21(24)18-11-8-15-5-4-14-2-1-3-17(18)20(14)15/h1-3,6-11H,4-5,12H2. The third-order valence-electron chi connectivity index (χ3n) is 4.60. The molecule has 0 bridgehead atoms. The Morgan fingerprint density at radius 2 is 1.64 bits per heavy atom. The number of aryl methyl sites for hydroxylation is 2. The molecule has 0 heterocycles. The van der Waals surface area contributed by atoms with E-state index >= 15 is 0 Å². The highest BCUT2D eigenvalue weighted by Gasteiger charge is 2.20. The molecule has 0 atom stereocenters. The summed E-state index contributed by atoms with van der Waals surface area (Å²) in [6.07, 6.45) is 2.00. The summed E-state index contributed by atoms with van der Waals surface area (Å²) in [6.45, 7) is -0.288. The van der Waals surface area contributed by atoms with Crippen molar-refractivity contribution in [2.24, 2.45) is 0 Å². The van der Waals surface area contributed by atoms with Crippen LogP contribution in [-0.4, -0.2) is 18.4 Å². The van der Waals surface area contributed by atoms with Crippen LogP contribution in [-0.2, 0) is 17.6 Å². The number of hydrogen-bond donors (Lipinski definition) is 0. The van der Waals surface area contributed by atoms with Crippen molar-refractivity contribution in [1.29, 1.82) is 0 Å². The van der Waals surface area contributed by atoms with Crippen molar-refractivity contribution in [3.05, 3.63) is 81.9 Å². The highest BCUT2D eigenvalue weighted by atomic mass is 35.5. The Morgan fingerprint density at radius 1 is 0.920 bits per heavy atom. The molecule has 0 aromatic heterocycles. The van der Waals surface area contributed by atoms with E-state index in [2.05, 4.69) is 6.07 Å². The van der Waals surface area contributed by atoms with Crippen LogP contribution in [0.2, 0.25) is 5.02 Å². The van der Waals surface area contributed by atoms with Crippen LogP contribution in [0, 0.1) is 0 Å². The van der Waals surface area contributed by atoms with Gasteiger partial charge in [-0.2, -0.15) is 0 Å². The van der Waals surface area contributed by atoms with E-state index in [1.807, 2.05) is 18.2 Å². The highest BCUT2D eigenvalue weighted by Crippen LogP contribution is 2.33. The van der Waals surface area contributed by atoms with E-state index in [1.165, 1.54) is 11.1 Å². The van der Waals surface area contributed by atoms with E-state index in [9.17, 15) is 9.59 Å². The van der Waals surface area contributed by atoms with Crippen LogP contribution < -0.4 is 0 Å². The summed E-state index contributed by atoms with van der Waals surface area (Å²) in [7, 11) is 0. The lowest BCUT2D eigenvalue weighted by Crippen LogP contribution is -2.14. The molecule has 0 N–H and O–H groups in total. The van der Waals surface area contributed by atoms with Crippen LogP contribution >= 0.6 is 11.6 Å². The second-order valence-corrected chi connectivity index (χ2v) is 6.55. The fourth-order valence-corrected chi connectivity index (χ4v) is 3.48. The van der Waals surface area contributed by atoms with Crippen LogP contribution in [0.4, 0.5) is 0 Å². The van der Waals surface area contributed by atoms with Crippen molar-refractivity contribution in [3.8, 4) is 0 Å². The summed E-state index contributed by atoms with van der Waals surface area (Å²) < 4.78 is 5.26. The first-order valence-electron chi connectivity index (χ1n) is 8.13. The number of ketones is 1. The molecule has 4 rings (SSSR count). The topological polar surface area (TPSA) is 43.4 Å². The average molecular weight is 351 g/mol. The molecule has 0 aliphatic heterocycles. The zero-order valence-corrected chi connectivity index (χ0v) is 14.2. The highest BCUT2D eigenvalue weighted by molar-refractivity contribution is 6.30. The molecular weight excluding hydrogens is 336 g/mol. The molecule has 0 spiro atoms. The fourth-order valence-electron chi connectivity index (χ4n) is 3.35. The van der Waals surface area contributed by atoms with Crippen LogP contribution in [0.25, 0.3) is 10.8 Å². The lowest BCUT2D eigenvalue weighted by atomic mass is 10.00. The molecule has 0 fully saturated rings. The SMILES string of the molecule is O=C(COC(=O)c1ccc2c3c(cccc13)CC2)c1ccc(Cl)cc1. The van der Waals surface area contributed by atoms with Gasteiger partial charge in [-0.3, -0.25) is 4.79 Å². The maximum Gasteiger partial charge on any atom is 0.339 e. The average Bonchev–Trinajstić information content (AvgIpc) is 3.05. The van der Waals surface area contributed by atoms with Gasteiger partial charge in [-0.1, -0.05) is 35.9 Å². The Kier molecular flexibility index (Phi) is 4.02. The predicted molar refractivity (Wildman–Crippen MR) is 97.4 cm³/mol. The minimum Gasteiger partial charge on any atom is -0.454 e. The zero-order chi connectivity index (χ0) is 17.4. The number of carbonyl (C=O) groups excluding carboxylic acids is 2. The fraction of sp³-hybridized carbons (Fsp3) is 0.143. The molecule has 1 aliphatic rings. The van der Waals surface area contributed by atoms with Crippen molar-refractivity contribution in [3.63, 3.8) is 0 Å². The van der Waals surface area contributed by atoms with Gasteiger partial charge in [-0.15, -0.1) is 0 Å². The van der Waals surface area contributed by atoms with E-state index in [0.29, 0.717) is 16.1 Å². The van der Waals surface area contributed by atoms with Gasteiger partial charge in [0.05, 0.1) is 5.56 Å². The molecule has 0 saturated carbocycles. The molecule has 0 amide bonds. The van der Waals surface area contributed by atoms with Crippen LogP contribution in [0.3, 0.4) is 0 Å². The Labute approximate surface area is 150 Å². The number of rotatable bonds is 4. The second kappa shape index (κ2) is 6.34. The Bertz CT molecular complexity index is 980. The second-order valence-electron chi connectivity index (χ2n) is 6.12. The Hall–Kier alpha value is -2.65. The summed E-state index contributed by atoms with van der Waals surface area (Å²) in [5.41, 5.74) is 3.50. The normalized spacial score (nSPS) is 12.4. The molecule has 3 aromatic carbocycles. The molecule has 4 heteroatoms. The summed E-state index contributed by atoms with van der Waals surface area (Å²) in [5.74, 6) is -0.728. The number of hydrogen-bond acceptors (Lipinski definition) is 3. The third-order valence-corrected chi connectivity index (χ3v) is 4.85. The van der Waals surface area contributed by atoms with Gasteiger partial charge in [0, 0.05) is 10.6 Å². The molecule has 0 saturated heterocycles. The predicted octanol–water partition coefficient (Wildman–Crippen LogP) is 4.63. The zero-order valence-electron chi connectivity index (χ0n) is 13.4. The van der Waals surface area contributed by atoms with Crippen molar-refractivity contribution in [2.45, 2.75) is 12.8 Å². The third kappa shape index (κ3) is 2.92. The van der Waals surface area contributed by atoms with Crippen molar-refractivity contribution < 1.29 is 14.3 Å². The van der Waals surface area contributed by atoms with Crippen molar-refractivity contribution in [1.82, 2.24) is 0 Å². The monoisotopic (exact) mass is 350 g/mol. The summed E-state index contributed by atoms with van der Waals surface area (Å²) in [5, 5.41) is 2.61. The number of carbonyl (C=O) groups is 2. The molecule has 0 radical (unpaired) electrons. The minimum absolute atomic E-state index is 0.254.